The van der Waals surface area contributed by atoms with Gasteiger partial charge in [-0.1, -0.05) is 61.2 Å². The van der Waals surface area contributed by atoms with Crippen molar-refractivity contribution in [3.63, 3.8) is 0 Å². The van der Waals surface area contributed by atoms with Crippen molar-refractivity contribution in [2.75, 3.05) is 25.0 Å². The highest BCUT2D eigenvalue weighted by Crippen LogP contribution is 2.15. The van der Waals surface area contributed by atoms with Gasteiger partial charge < -0.3 is 36.7 Å². The van der Waals surface area contributed by atoms with E-state index in [0.717, 1.165) is 11.1 Å². The Morgan fingerprint density at radius 1 is 1.02 bits per heavy atom. The van der Waals surface area contributed by atoms with E-state index in [-0.39, 0.29) is 29.7 Å². The van der Waals surface area contributed by atoms with Crippen LogP contribution >= 0.6 is 0 Å². The Hall–Kier alpha value is -5.49. The molecule has 0 radical (unpaired) electrons. The number of nitrogens with zero attached hydrogens (tertiary/aromatic N) is 3. The number of hydrogen-bond donors (Lipinski definition) is 5. The number of nitrogens with two attached hydrogens (primary N) is 2. The summed E-state index contributed by atoms with van der Waals surface area (Å²) in [5, 5.41) is 9.06. The molecular weight excluding hydrogens is 584 g/mol. The Bertz CT molecular complexity index is 1660. The largest absolute Gasteiger partial charge is 0.443 e. The number of carbonyl (C=O) groups is 2. The van der Waals surface area contributed by atoms with Crippen molar-refractivity contribution < 1.29 is 14.3 Å². The van der Waals surface area contributed by atoms with Crippen molar-refractivity contribution in [3.8, 4) is 0 Å². The van der Waals surface area contributed by atoms with Crippen LogP contribution in [0.25, 0.3) is 5.57 Å². The molecule has 0 aliphatic heterocycles. The van der Waals surface area contributed by atoms with E-state index in [0.29, 0.717) is 60.8 Å². The molecule has 2 amide bonds. The molecule has 12 heteroatoms. The second-order valence-electron chi connectivity index (χ2n) is 10.2. The van der Waals surface area contributed by atoms with Gasteiger partial charge in [0.25, 0.3) is 5.56 Å². The molecule has 242 valence electrons. The summed E-state index contributed by atoms with van der Waals surface area (Å²) >= 11 is 0. The minimum absolute atomic E-state index is 0.0587. The number of carbonyl (C=O) groups excluding carboxylic acids is 2. The van der Waals surface area contributed by atoms with E-state index in [4.69, 9.17) is 16.2 Å². The van der Waals surface area contributed by atoms with Crippen molar-refractivity contribution >= 4 is 29.2 Å². The maximum atomic E-state index is 13.3. The highest BCUT2D eigenvalue weighted by atomic mass is 16.5. The van der Waals surface area contributed by atoms with Crippen LogP contribution in [0.4, 0.5) is 10.6 Å². The molecule has 0 aliphatic carbocycles. The van der Waals surface area contributed by atoms with Gasteiger partial charge in [-0.15, -0.1) is 0 Å². The number of amidine groups is 1. The highest BCUT2D eigenvalue weighted by molar-refractivity contribution is 6.02. The topological polar surface area (TPSA) is 179 Å². The summed E-state index contributed by atoms with van der Waals surface area (Å²) in [7, 11) is 0. The Morgan fingerprint density at radius 3 is 2.41 bits per heavy atom. The lowest BCUT2D eigenvalue weighted by molar-refractivity contribution is -0.117. The minimum Gasteiger partial charge on any atom is -0.443 e. The second-order valence-corrected chi connectivity index (χ2v) is 10.2. The molecule has 46 heavy (non-hydrogen) atoms. The number of nitrogens with one attached hydrogen (secondary N) is 3. The molecule has 3 aromatic rings. The molecule has 1 aromatic heterocycles. The van der Waals surface area contributed by atoms with Gasteiger partial charge in [-0.25, -0.2) is 9.78 Å². The van der Waals surface area contributed by atoms with E-state index in [1.165, 1.54) is 0 Å². The fourth-order valence-corrected chi connectivity index (χ4v) is 4.32. The molecule has 2 aromatic carbocycles. The van der Waals surface area contributed by atoms with E-state index in [2.05, 4.69) is 32.5 Å². The van der Waals surface area contributed by atoms with Crippen molar-refractivity contribution in [3.05, 3.63) is 124 Å². The summed E-state index contributed by atoms with van der Waals surface area (Å²) in [4.78, 5) is 45.5. The molecule has 3 rings (SSSR count). The van der Waals surface area contributed by atoms with E-state index in [1.807, 2.05) is 56.3 Å². The smallest absolute Gasteiger partial charge is 0.435 e. The van der Waals surface area contributed by atoms with E-state index < -0.39 is 6.09 Å². The first kappa shape index (κ1) is 35.0. The van der Waals surface area contributed by atoms with Crippen LogP contribution in [-0.2, 0) is 29.2 Å². The molecule has 0 aliphatic rings. The molecule has 0 saturated heterocycles. The Kier molecular flexibility index (Phi) is 13.5. The molecular formula is C34H42N8O4. The molecule has 1 heterocycles. The van der Waals surface area contributed by atoms with Crippen LogP contribution in [-0.4, -0.2) is 47.0 Å². The number of anilines is 1. The first-order valence-electron chi connectivity index (χ1n) is 14.9. The number of benzene rings is 2. The van der Waals surface area contributed by atoms with Crippen molar-refractivity contribution in [2.45, 2.75) is 40.5 Å². The predicted molar refractivity (Wildman–Crippen MR) is 182 cm³/mol. The maximum Gasteiger partial charge on any atom is 0.435 e. The monoisotopic (exact) mass is 626 g/mol. The van der Waals surface area contributed by atoms with E-state index in [1.54, 1.807) is 42.0 Å². The average Bonchev–Trinajstić information content (AvgIpc) is 3.04. The summed E-state index contributed by atoms with van der Waals surface area (Å²) < 4.78 is 6.75. The van der Waals surface area contributed by atoms with Crippen LogP contribution in [0.3, 0.4) is 0 Å². The number of aliphatic imine (C=N–C) groups is 1. The van der Waals surface area contributed by atoms with E-state index in [9.17, 15) is 14.4 Å². The zero-order valence-corrected chi connectivity index (χ0v) is 26.5. The van der Waals surface area contributed by atoms with Crippen LogP contribution in [0.1, 0.15) is 43.2 Å². The summed E-state index contributed by atoms with van der Waals surface area (Å²) in [6, 6.07) is 16.6. The van der Waals surface area contributed by atoms with Gasteiger partial charge in [0.2, 0.25) is 5.91 Å². The normalized spacial score (nSPS) is 12.0. The highest BCUT2D eigenvalue weighted by Gasteiger charge is 2.12. The molecule has 7 N–H and O–H groups in total. The first-order chi connectivity index (χ1) is 22.1. The van der Waals surface area contributed by atoms with Crippen LogP contribution in [0.5, 0.6) is 0 Å². The molecule has 0 spiro atoms. The Morgan fingerprint density at radius 2 is 1.74 bits per heavy atom. The summed E-state index contributed by atoms with van der Waals surface area (Å²) in [5.74, 6) is 0.0831. The summed E-state index contributed by atoms with van der Waals surface area (Å²) in [6.45, 7) is 12.0. The van der Waals surface area contributed by atoms with E-state index >= 15 is 0 Å². The van der Waals surface area contributed by atoms with Gasteiger partial charge in [0.15, 0.2) is 5.82 Å². The van der Waals surface area contributed by atoms with Gasteiger partial charge in [-0.05, 0) is 49.6 Å². The lowest BCUT2D eigenvalue weighted by atomic mass is 10.1. The van der Waals surface area contributed by atoms with Gasteiger partial charge in [0, 0.05) is 49.6 Å². The molecule has 0 unspecified atom stereocenters. The molecule has 0 atom stereocenters. The van der Waals surface area contributed by atoms with Crippen molar-refractivity contribution in [2.24, 2.45) is 16.5 Å². The number of ether oxygens (including phenoxy) is 1. The summed E-state index contributed by atoms with van der Waals surface area (Å²) in [5.41, 5.74) is 16.1. The molecule has 12 nitrogen and oxygen atoms in total. The summed E-state index contributed by atoms with van der Waals surface area (Å²) in [6.07, 6.45) is 3.98. The third-order valence-corrected chi connectivity index (χ3v) is 6.66. The Balaban J connectivity index is 1.63. The van der Waals surface area contributed by atoms with Gasteiger partial charge in [0.1, 0.15) is 12.4 Å². The number of aromatic nitrogens is 2. The fraction of sp³-hybridized carbons (Fsp3) is 0.265. The van der Waals surface area contributed by atoms with Crippen LogP contribution < -0.4 is 33.0 Å². The van der Waals surface area contributed by atoms with Gasteiger partial charge in [-0.3, -0.25) is 9.59 Å². The van der Waals surface area contributed by atoms with Gasteiger partial charge >= 0.3 is 6.09 Å². The fourth-order valence-electron chi connectivity index (χ4n) is 4.32. The molecule has 0 bridgehead atoms. The molecule has 0 saturated carbocycles. The average molecular weight is 627 g/mol. The number of hydrogen-bond acceptors (Lipinski definition) is 8. The first-order valence-corrected chi connectivity index (χ1v) is 14.9. The van der Waals surface area contributed by atoms with Crippen molar-refractivity contribution in [1.82, 2.24) is 20.2 Å². The van der Waals surface area contributed by atoms with Gasteiger partial charge in [-0.2, -0.15) is 4.99 Å². The zero-order valence-electron chi connectivity index (χ0n) is 26.5. The van der Waals surface area contributed by atoms with Gasteiger partial charge in [0.05, 0.1) is 11.9 Å². The van der Waals surface area contributed by atoms with Crippen LogP contribution in [0.2, 0.25) is 0 Å². The van der Waals surface area contributed by atoms with Crippen molar-refractivity contribution in [1.29, 1.82) is 0 Å². The lowest BCUT2D eigenvalue weighted by Gasteiger charge is -2.15. The maximum absolute atomic E-state index is 13.3. The van der Waals surface area contributed by atoms with Crippen LogP contribution in [0, 0.1) is 0 Å². The third kappa shape index (κ3) is 10.6. The number of rotatable bonds is 15. The second kappa shape index (κ2) is 17.7. The van der Waals surface area contributed by atoms with Crippen LogP contribution in [0.15, 0.2) is 101 Å². The number of amides is 2. The predicted octanol–water partition coefficient (Wildman–Crippen LogP) is 3.45. The molecule has 0 fully saturated rings. The SMILES string of the molecule is C=C(/C=C(N)\C=C(/C)C(=O)NCC)c1cnc(NCC)c(=O)n1CCNCc1ccc(C(N)=NC(=O)OCc2ccccc2)cc1. The lowest BCUT2D eigenvalue weighted by Crippen LogP contribution is -2.31. The minimum atomic E-state index is -0.762. The standard InChI is InChI=1S/C34H42N8O4/c1-5-38-31-33(44)42(29(21-40-31)23(3)18-28(35)19-24(4)32(43)39-6-2)17-16-37-20-25-12-14-27(15-13-25)30(36)41-34(45)46-22-26-10-8-7-9-11-26/h7-15,18-19,21,37H,3,5-6,16-17,20,22,35H2,1-2,4H3,(H,38,40)(H,39,43)(H2,36,41,45)/b24-19+,28-18+. The third-order valence-electron chi connectivity index (χ3n) is 6.66. The number of likely N-dealkylation sites (N-methyl/N-ethyl adjacent to an activating group) is 1. The zero-order chi connectivity index (χ0) is 33.5. The number of allylic oxidation sites excluding steroid dienone is 3. The quantitative estimate of drug-likeness (QED) is 0.0555. The Labute approximate surface area is 269 Å².